The number of nitrogens with one attached hydrogen (secondary N) is 1. The number of benzene rings is 2. The average molecular weight is 322 g/mol. The van der Waals surface area contributed by atoms with E-state index < -0.39 is 0 Å². The van der Waals surface area contributed by atoms with Crippen LogP contribution in [0.3, 0.4) is 0 Å². The number of hydrogen-bond donors (Lipinski definition) is 1. The van der Waals surface area contributed by atoms with Crippen LogP contribution in [0.1, 0.15) is 24.5 Å². The van der Waals surface area contributed by atoms with Gasteiger partial charge in [0.05, 0.1) is 10.0 Å². The summed E-state index contributed by atoms with van der Waals surface area (Å²) in [6.07, 6.45) is 2.18. The molecule has 0 aliphatic carbocycles. The molecule has 2 nitrogen and oxygen atoms in total. The van der Waals surface area contributed by atoms with E-state index in [0.717, 1.165) is 18.4 Å². The van der Waals surface area contributed by atoms with Gasteiger partial charge in [-0.2, -0.15) is 0 Å². The fraction of sp³-hybridized carbons (Fsp3) is 0.235. The first-order valence-corrected chi connectivity index (χ1v) is 7.67. The van der Waals surface area contributed by atoms with Gasteiger partial charge in [0.1, 0.15) is 0 Å². The van der Waals surface area contributed by atoms with Crippen LogP contribution in [0.15, 0.2) is 42.5 Å². The molecule has 2 aromatic rings. The highest BCUT2D eigenvalue weighted by atomic mass is 35.5. The van der Waals surface area contributed by atoms with Crippen LogP contribution in [0.5, 0.6) is 0 Å². The van der Waals surface area contributed by atoms with Gasteiger partial charge in [0, 0.05) is 12.1 Å². The quantitative estimate of drug-likeness (QED) is 0.812. The van der Waals surface area contributed by atoms with Crippen molar-refractivity contribution in [3.05, 3.63) is 63.6 Å². The highest BCUT2D eigenvalue weighted by molar-refractivity contribution is 6.42. The fourth-order valence-corrected chi connectivity index (χ4v) is 2.29. The number of amides is 1. The summed E-state index contributed by atoms with van der Waals surface area (Å²) < 4.78 is 0. The summed E-state index contributed by atoms with van der Waals surface area (Å²) in [6, 6.07) is 13.4. The molecule has 0 bridgehead atoms. The van der Waals surface area contributed by atoms with Crippen LogP contribution in [-0.4, -0.2) is 5.91 Å². The minimum atomic E-state index is -0.0343. The van der Waals surface area contributed by atoms with Crippen molar-refractivity contribution in [2.45, 2.75) is 26.2 Å². The van der Waals surface area contributed by atoms with Crippen molar-refractivity contribution in [2.75, 3.05) is 5.32 Å². The van der Waals surface area contributed by atoms with Crippen LogP contribution in [0, 0.1) is 0 Å². The van der Waals surface area contributed by atoms with E-state index in [4.69, 9.17) is 23.2 Å². The third-order valence-electron chi connectivity index (χ3n) is 3.28. The van der Waals surface area contributed by atoms with Crippen molar-refractivity contribution in [2.24, 2.45) is 0 Å². The molecule has 0 fully saturated rings. The zero-order valence-electron chi connectivity index (χ0n) is 11.8. The minimum Gasteiger partial charge on any atom is -0.326 e. The molecular formula is C17H17Cl2NO. The maximum Gasteiger partial charge on any atom is 0.224 e. The minimum absolute atomic E-state index is 0.0343. The van der Waals surface area contributed by atoms with Crippen LogP contribution in [0.2, 0.25) is 10.0 Å². The maximum atomic E-state index is 11.9. The van der Waals surface area contributed by atoms with E-state index in [0.29, 0.717) is 22.2 Å². The van der Waals surface area contributed by atoms with Gasteiger partial charge in [-0.25, -0.2) is 0 Å². The maximum absolute atomic E-state index is 11.9. The molecule has 4 heteroatoms. The van der Waals surface area contributed by atoms with E-state index in [1.54, 1.807) is 18.2 Å². The van der Waals surface area contributed by atoms with Gasteiger partial charge in [0.2, 0.25) is 5.91 Å². The molecule has 0 aliphatic rings. The Kier molecular flexibility index (Phi) is 5.66. The first-order valence-electron chi connectivity index (χ1n) is 6.91. The molecule has 2 rings (SSSR count). The van der Waals surface area contributed by atoms with Crippen LogP contribution in [0.25, 0.3) is 0 Å². The SMILES string of the molecule is CCc1ccc(CCC(=O)Nc2ccc(Cl)c(Cl)c2)cc1. The second-order valence-electron chi connectivity index (χ2n) is 4.85. The van der Waals surface area contributed by atoms with E-state index in [1.165, 1.54) is 5.56 Å². The fourth-order valence-electron chi connectivity index (χ4n) is 2.00. The standard InChI is InChI=1S/C17H17Cl2NO/c1-2-12-3-5-13(6-4-12)7-10-17(21)20-14-8-9-15(18)16(19)11-14/h3-6,8-9,11H,2,7,10H2,1H3,(H,20,21). The first kappa shape index (κ1) is 15.9. The Morgan fingerprint density at radius 3 is 2.29 bits per heavy atom. The molecule has 0 spiro atoms. The van der Waals surface area contributed by atoms with Gasteiger partial charge in [-0.1, -0.05) is 54.4 Å². The summed E-state index contributed by atoms with van der Waals surface area (Å²) in [5, 5.41) is 3.73. The van der Waals surface area contributed by atoms with E-state index in [-0.39, 0.29) is 5.91 Å². The molecule has 0 unspecified atom stereocenters. The topological polar surface area (TPSA) is 29.1 Å². The highest BCUT2D eigenvalue weighted by Gasteiger charge is 2.05. The number of carbonyl (C=O) groups excluding carboxylic acids is 1. The predicted molar refractivity (Wildman–Crippen MR) is 89.2 cm³/mol. The number of hydrogen-bond acceptors (Lipinski definition) is 1. The normalized spacial score (nSPS) is 10.4. The number of aryl methyl sites for hydroxylation is 2. The zero-order valence-corrected chi connectivity index (χ0v) is 13.3. The second kappa shape index (κ2) is 7.48. The third-order valence-corrected chi connectivity index (χ3v) is 4.01. The third kappa shape index (κ3) is 4.76. The van der Waals surface area contributed by atoms with Gasteiger partial charge >= 0.3 is 0 Å². The average Bonchev–Trinajstić information content (AvgIpc) is 2.49. The Morgan fingerprint density at radius 1 is 1.00 bits per heavy atom. The monoisotopic (exact) mass is 321 g/mol. The summed E-state index contributed by atoms with van der Waals surface area (Å²) in [5.41, 5.74) is 3.13. The molecule has 0 atom stereocenters. The van der Waals surface area contributed by atoms with Crippen molar-refractivity contribution in [3.8, 4) is 0 Å². The zero-order chi connectivity index (χ0) is 15.2. The summed E-state index contributed by atoms with van der Waals surface area (Å²) in [6.45, 7) is 2.12. The molecule has 21 heavy (non-hydrogen) atoms. The van der Waals surface area contributed by atoms with Crippen molar-refractivity contribution in [1.29, 1.82) is 0 Å². The van der Waals surface area contributed by atoms with E-state index in [2.05, 4.69) is 36.5 Å². The Morgan fingerprint density at radius 2 is 1.67 bits per heavy atom. The smallest absolute Gasteiger partial charge is 0.224 e. The Balaban J connectivity index is 1.87. The molecule has 1 amide bonds. The van der Waals surface area contributed by atoms with Crippen LogP contribution >= 0.6 is 23.2 Å². The summed E-state index contributed by atoms with van der Waals surface area (Å²) >= 11 is 11.8. The Bertz CT molecular complexity index is 623. The lowest BCUT2D eigenvalue weighted by molar-refractivity contribution is -0.116. The molecule has 0 saturated carbocycles. The number of anilines is 1. The van der Waals surface area contributed by atoms with Gasteiger partial charge < -0.3 is 5.32 Å². The second-order valence-corrected chi connectivity index (χ2v) is 5.66. The molecular weight excluding hydrogens is 305 g/mol. The van der Waals surface area contributed by atoms with Crippen LogP contribution in [0.4, 0.5) is 5.69 Å². The predicted octanol–water partition coefficient (Wildman–Crippen LogP) is 5.13. The molecule has 110 valence electrons. The Hall–Kier alpha value is -1.51. The number of rotatable bonds is 5. The van der Waals surface area contributed by atoms with Gasteiger partial charge in [0.15, 0.2) is 0 Å². The summed E-state index contributed by atoms with van der Waals surface area (Å²) in [7, 11) is 0. The molecule has 1 N–H and O–H groups in total. The van der Waals surface area contributed by atoms with Crippen LogP contribution < -0.4 is 5.32 Å². The lowest BCUT2D eigenvalue weighted by Crippen LogP contribution is -2.12. The molecule has 0 heterocycles. The van der Waals surface area contributed by atoms with Crippen LogP contribution in [-0.2, 0) is 17.6 Å². The van der Waals surface area contributed by atoms with Crippen molar-refractivity contribution < 1.29 is 4.79 Å². The molecule has 2 aromatic carbocycles. The lowest BCUT2D eigenvalue weighted by Gasteiger charge is -2.07. The highest BCUT2D eigenvalue weighted by Crippen LogP contribution is 2.25. The Labute approximate surface area is 135 Å². The first-order chi connectivity index (χ1) is 10.1. The van der Waals surface area contributed by atoms with E-state index in [9.17, 15) is 4.79 Å². The van der Waals surface area contributed by atoms with Gasteiger partial charge in [-0.3, -0.25) is 4.79 Å². The van der Waals surface area contributed by atoms with Gasteiger partial charge in [-0.15, -0.1) is 0 Å². The molecule has 0 radical (unpaired) electrons. The summed E-state index contributed by atoms with van der Waals surface area (Å²) in [5.74, 6) is -0.0343. The molecule has 0 aliphatic heterocycles. The molecule has 0 saturated heterocycles. The largest absolute Gasteiger partial charge is 0.326 e. The number of halogens is 2. The lowest BCUT2D eigenvalue weighted by atomic mass is 10.1. The van der Waals surface area contributed by atoms with Crippen molar-refractivity contribution in [1.82, 2.24) is 0 Å². The van der Waals surface area contributed by atoms with Crippen molar-refractivity contribution >= 4 is 34.8 Å². The molecule has 0 aromatic heterocycles. The number of carbonyl (C=O) groups is 1. The van der Waals surface area contributed by atoms with E-state index in [1.807, 2.05) is 0 Å². The van der Waals surface area contributed by atoms with Crippen molar-refractivity contribution in [3.63, 3.8) is 0 Å². The van der Waals surface area contributed by atoms with E-state index >= 15 is 0 Å². The van der Waals surface area contributed by atoms with Gasteiger partial charge in [-0.05, 0) is 42.2 Å². The summed E-state index contributed by atoms with van der Waals surface area (Å²) in [4.78, 5) is 11.9. The van der Waals surface area contributed by atoms with Gasteiger partial charge in [0.25, 0.3) is 0 Å².